The van der Waals surface area contributed by atoms with Crippen LogP contribution in [0.5, 0.6) is 5.75 Å². The molecular formula is C23H20ClFN2O4. The topological polar surface area (TPSA) is 81.3 Å². The normalized spacial score (nSPS) is 14.4. The highest BCUT2D eigenvalue weighted by Gasteiger charge is 2.25. The summed E-state index contributed by atoms with van der Waals surface area (Å²) in [4.78, 5) is 32.3. The molecule has 1 fully saturated rings. The third-order valence-electron chi connectivity index (χ3n) is 5.08. The minimum atomic E-state index is -0.812. The van der Waals surface area contributed by atoms with Crippen molar-refractivity contribution in [3.8, 4) is 5.75 Å². The Morgan fingerprint density at radius 1 is 1.26 bits per heavy atom. The van der Waals surface area contributed by atoms with Gasteiger partial charge in [0.1, 0.15) is 6.10 Å². The Labute approximate surface area is 183 Å². The van der Waals surface area contributed by atoms with Crippen LogP contribution in [0.25, 0.3) is 0 Å². The summed E-state index contributed by atoms with van der Waals surface area (Å²) in [5, 5.41) is -0.0220. The number of hydrogen-bond acceptors (Lipinski definition) is 5. The van der Waals surface area contributed by atoms with Crippen molar-refractivity contribution in [1.29, 1.82) is 0 Å². The number of hydrogen-bond donors (Lipinski definition) is 1. The standard InChI is InChI=1S/C23H20ClFN2O4/c24-17-3-4-20(31-16-5-8-30-9-6-16)22(25)21(17)23(29)15-11-18(27-13-15)19(28)10-14-2-1-7-26-12-14/h1-4,7,11-13,16,27H,5-6,8-10H2. The molecule has 2 aromatic heterocycles. The molecule has 6 nitrogen and oxygen atoms in total. The van der Waals surface area contributed by atoms with E-state index in [2.05, 4.69) is 9.97 Å². The lowest BCUT2D eigenvalue weighted by Crippen LogP contribution is -2.26. The predicted octanol–water partition coefficient (Wildman–Crippen LogP) is 4.42. The third-order valence-corrected chi connectivity index (χ3v) is 5.39. The first-order valence-corrected chi connectivity index (χ1v) is 10.3. The van der Waals surface area contributed by atoms with Gasteiger partial charge in [-0.25, -0.2) is 4.39 Å². The number of H-pyrrole nitrogens is 1. The average molecular weight is 443 g/mol. The number of pyridine rings is 1. The number of ether oxygens (including phenoxy) is 2. The van der Waals surface area contributed by atoms with Crippen molar-refractivity contribution in [3.05, 3.63) is 82.1 Å². The number of aromatic amines is 1. The molecule has 3 aromatic rings. The van der Waals surface area contributed by atoms with Gasteiger partial charge in [-0.1, -0.05) is 17.7 Å². The zero-order chi connectivity index (χ0) is 21.8. The van der Waals surface area contributed by atoms with Crippen molar-refractivity contribution in [1.82, 2.24) is 9.97 Å². The maximum atomic E-state index is 15.1. The van der Waals surface area contributed by atoms with E-state index in [1.54, 1.807) is 24.5 Å². The molecule has 0 radical (unpaired) electrons. The monoisotopic (exact) mass is 442 g/mol. The van der Waals surface area contributed by atoms with Crippen molar-refractivity contribution in [2.24, 2.45) is 0 Å². The maximum Gasteiger partial charge on any atom is 0.199 e. The Morgan fingerprint density at radius 3 is 2.81 bits per heavy atom. The Morgan fingerprint density at radius 2 is 2.06 bits per heavy atom. The highest BCUT2D eigenvalue weighted by Crippen LogP contribution is 2.31. The Kier molecular flexibility index (Phi) is 6.44. The molecule has 3 heterocycles. The molecule has 0 amide bonds. The van der Waals surface area contributed by atoms with Gasteiger partial charge >= 0.3 is 0 Å². The van der Waals surface area contributed by atoms with Gasteiger partial charge in [-0.15, -0.1) is 0 Å². The van der Waals surface area contributed by atoms with Crippen molar-refractivity contribution in [3.63, 3.8) is 0 Å². The first-order valence-electron chi connectivity index (χ1n) is 9.90. The minimum absolute atomic E-state index is 0.0220. The van der Waals surface area contributed by atoms with Gasteiger partial charge < -0.3 is 14.5 Å². The van der Waals surface area contributed by atoms with E-state index in [1.165, 1.54) is 24.4 Å². The molecule has 160 valence electrons. The van der Waals surface area contributed by atoms with E-state index in [9.17, 15) is 9.59 Å². The summed E-state index contributed by atoms with van der Waals surface area (Å²) in [6.07, 6.45) is 5.84. The number of ketones is 2. The molecule has 0 atom stereocenters. The molecule has 4 rings (SSSR count). The molecule has 0 spiro atoms. The van der Waals surface area contributed by atoms with Crippen molar-refractivity contribution in [2.45, 2.75) is 25.4 Å². The number of aromatic nitrogens is 2. The Bertz CT molecular complexity index is 1090. The first kappa shape index (κ1) is 21.2. The largest absolute Gasteiger partial charge is 0.487 e. The second-order valence-electron chi connectivity index (χ2n) is 7.26. The van der Waals surface area contributed by atoms with Crippen LogP contribution in [-0.2, 0) is 11.2 Å². The van der Waals surface area contributed by atoms with Crippen LogP contribution in [-0.4, -0.2) is 40.9 Å². The van der Waals surface area contributed by atoms with Gasteiger partial charge in [0.05, 0.1) is 29.5 Å². The van der Waals surface area contributed by atoms with E-state index in [0.29, 0.717) is 26.1 Å². The molecule has 0 unspecified atom stereocenters. The van der Waals surface area contributed by atoms with Gasteiger partial charge in [0.2, 0.25) is 0 Å². The number of carbonyl (C=O) groups is 2. The number of halogens is 2. The molecular weight excluding hydrogens is 423 g/mol. The van der Waals surface area contributed by atoms with E-state index < -0.39 is 11.6 Å². The summed E-state index contributed by atoms with van der Waals surface area (Å²) in [5.41, 5.74) is 0.857. The number of Topliss-reactive ketones (excluding diaryl/α,β-unsaturated/α-hetero) is 1. The summed E-state index contributed by atoms with van der Waals surface area (Å²) in [5.74, 6) is -1.68. The van der Waals surface area contributed by atoms with Gasteiger partial charge in [0.25, 0.3) is 0 Å². The van der Waals surface area contributed by atoms with Crippen molar-refractivity contribution in [2.75, 3.05) is 13.2 Å². The van der Waals surface area contributed by atoms with Gasteiger partial charge in [0.15, 0.2) is 23.1 Å². The molecule has 31 heavy (non-hydrogen) atoms. The van der Waals surface area contributed by atoms with E-state index in [1.807, 2.05) is 0 Å². The molecule has 8 heteroatoms. The van der Waals surface area contributed by atoms with Crippen LogP contribution in [0.3, 0.4) is 0 Å². The Balaban J connectivity index is 1.54. The van der Waals surface area contributed by atoms with Gasteiger partial charge in [-0.05, 0) is 29.8 Å². The highest BCUT2D eigenvalue weighted by atomic mass is 35.5. The van der Waals surface area contributed by atoms with E-state index in [-0.39, 0.29) is 45.9 Å². The van der Waals surface area contributed by atoms with Crippen molar-refractivity contribution < 1.29 is 23.5 Å². The fourth-order valence-electron chi connectivity index (χ4n) is 3.42. The van der Waals surface area contributed by atoms with Crippen LogP contribution in [0.15, 0.2) is 48.9 Å². The molecule has 1 saturated heterocycles. The fourth-order valence-corrected chi connectivity index (χ4v) is 3.65. The lowest BCUT2D eigenvalue weighted by atomic mass is 10.0. The molecule has 0 saturated carbocycles. The summed E-state index contributed by atoms with van der Waals surface area (Å²) in [7, 11) is 0. The van der Waals surface area contributed by atoms with Crippen molar-refractivity contribution >= 4 is 23.2 Å². The van der Waals surface area contributed by atoms with E-state index in [0.717, 1.165) is 5.56 Å². The molecule has 1 aliphatic heterocycles. The van der Waals surface area contributed by atoms with E-state index in [4.69, 9.17) is 21.1 Å². The second-order valence-corrected chi connectivity index (χ2v) is 7.66. The number of nitrogens with one attached hydrogen (secondary N) is 1. The molecule has 1 N–H and O–H groups in total. The van der Waals surface area contributed by atoms with Crippen LogP contribution in [0.4, 0.5) is 4.39 Å². The highest BCUT2D eigenvalue weighted by molar-refractivity contribution is 6.35. The second kappa shape index (κ2) is 9.41. The van der Waals surface area contributed by atoms with Crippen LogP contribution < -0.4 is 4.74 Å². The predicted molar refractivity (Wildman–Crippen MR) is 112 cm³/mol. The molecule has 1 aromatic carbocycles. The Hall–Kier alpha value is -3.03. The minimum Gasteiger partial charge on any atom is -0.487 e. The third kappa shape index (κ3) is 4.84. The fraction of sp³-hybridized carbons (Fsp3) is 0.261. The summed E-state index contributed by atoms with van der Waals surface area (Å²) in [6.45, 7) is 1.09. The molecule has 1 aliphatic rings. The quantitative estimate of drug-likeness (QED) is 0.548. The zero-order valence-electron chi connectivity index (χ0n) is 16.6. The summed E-state index contributed by atoms with van der Waals surface area (Å²) in [6, 6.07) is 7.80. The van der Waals surface area contributed by atoms with Gasteiger partial charge in [-0.2, -0.15) is 0 Å². The van der Waals surface area contributed by atoms with E-state index >= 15 is 4.39 Å². The number of rotatable bonds is 7. The SMILES string of the molecule is O=C(Cc1cccnc1)c1cc(C(=O)c2c(Cl)ccc(OC3CCOCC3)c2F)c[nH]1. The van der Waals surface area contributed by atoms with Gasteiger partial charge in [-0.3, -0.25) is 14.6 Å². The lowest BCUT2D eigenvalue weighted by Gasteiger charge is -2.24. The van der Waals surface area contributed by atoms with Crippen LogP contribution in [0.1, 0.15) is 44.8 Å². The maximum absolute atomic E-state index is 15.1. The van der Waals surface area contributed by atoms with Gasteiger partial charge in [0, 0.05) is 43.4 Å². The lowest BCUT2D eigenvalue weighted by molar-refractivity contribution is 0.0239. The zero-order valence-corrected chi connectivity index (χ0v) is 17.3. The van der Waals surface area contributed by atoms with Crippen LogP contribution in [0.2, 0.25) is 5.02 Å². The smallest absolute Gasteiger partial charge is 0.199 e. The number of carbonyl (C=O) groups excluding carboxylic acids is 2. The summed E-state index contributed by atoms with van der Waals surface area (Å²) < 4.78 is 26.2. The van der Waals surface area contributed by atoms with Crippen LogP contribution in [0, 0.1) is 5.82 Å². The molecule has 0 aliphatic carbocycles. The summed E-state index contributed by atoms with van der Waals surface area (Å²) >= 11 is 6.15. The average Bonchev–Trinajstić information content (AvgIpc) is 3.28. The number of benzene rings is 1. The molecule has 0 bridgehead atoms. The number of nitrogens with zero attached hydrogens (tertiary/aromatic N) is 1. The van der Waals surface area contributed by atoms with Crippen LogP contribution >= 0.6 is 11.6 Å². The first-order chi connectivity index (χ1) is 15.0.